The van der Waals surface area contributed by atoms with Crippen molar-refractivity contribution in [3.8, 4) is 6.07 Å². The highest BCUT2D eigenvalue weighted by Crippen LogP contribution is 2.32. The standard InChI is InChI=1S/C22H19F2N3O2/c1-22(12-14-7-9-16(23)10-8-14)21(29)26(2)19(20(28)27(22)3)11-17-15(13-25)5-4-6-18(17)24/h4-11H,12H2,1-3H3. The van der Waals surface area contributed by atoms with Crippen LogP contribution in [-0.4, -0.2) is 41.2 Å². The second kappa shape index (κ2) is 7.47. The Balaban J connectivity index is 2.01. The number of amides is 2. The Morgan fingerprint density at radius 2 is 1.76 bits per heavy atom. The molecule has 1 aliphatic heterocycles. The van der Waals surface area contributed by atoms with Gasteiger partial charge in [-0.05, 0) is 42.8 Å². The molecule has 1 saturated heterocycles. The lowest BCUT2D eigenvalue weighted by Gasteiger charge is -2.45. The van der Waals surface area contributed by atoms with Gasteiger partial charge in [-0.15, -0.1) is 0 Å². The summed E-state index contributed by atoms with van der Waals surface area (Å²) in [5, 5.41) is 9.23. The van der Waals surface area contributed by atoms with Crippen LogP contribution in [0.2, 0.25) is 0 Å². The quantitative estimate of drug-likeness (QED) is 0.750. The maximum Gasteiger partial charge on any atom is 0.271 e. The van der Waals surface area contributed by atoms with Crippen molar-refractivity contribution in [2.24, 2.45) is 0 Å². The normalized spacial score (nSPS) is 20.9. The average Bonchev–Trinajstić information content (AvgIpc) is 2.71. The molecule has 1 aliphatic rings. The van der Waals surface area contributed by atoms with Crippen LogP contribution in [0.4, 0.5) is 8.78 Å². The number of piperazine rings is 1. The van der Waals surface area contributed by atoms with Crippen LogP contribution >= 0.6 is 0 Å². The number of nitrogens with zero attached hydrogens (tertiary/aromatic N) is 3. The summed E-state index contributed by atoms with van der Waals surface area (Å²) >= 11 is 0. The van der Waals surface area contributed by atoms with Crippen molar-refractivity contribution in [3.05, 3.63) is 76.5 Å². The van der Waals surface area contributed by atoms with Crippen LogP contribution in [-0.2, 0) is 16.0 Å². The SMILES string of the molecule is CN1C(=O)C(C)(Cc2ccc(F)cc2)N(C)C(=O)C1=Cc1c(F)cccc1C#N. The summed E-state index contributed by atoms with van der Waals surface area (Å²) in [5.74, 6) is -1.90. The molecule has 2 aromatic rings. The van der Waals surface area contributed by atoms with Crippen LogP contribution in [0.3, 0.4) is 0 Å². The molecule has 7 heteroatoms. The Morgan fingerprint density at radius 1 is 1.10 bits per heavy atom. The minimum absolute atomic E-state index is 0.0318. The molecule has 1 fully saturated rings. The topological polar surface area (TPSA) is 64.4 Å². The first kappa shape index (κ1) is 20.2. The Labute approximate surface area is 167 Å². The van der Waals surface area contributed by atoms with Gasteiger partial charge in [-0.2, -0.15) is 5.26 Å². The van der Waals surface area contributed by atoms with E-state index in [9.17, 15) is 23.6 Å². The van der Waals surface area contributed by atoms with Crippen molar-refractivity contribution in [2.45, 2.75) is 18.9 Å². The van der Waals surface area contributed by atoms with E-state index in [0.29, 0.717) is 5.56 Å². The number of carbonyl (C=O) groups excluding carboxylic acids is 2. The van der Waals surface area contributed by atoms with Crippen molar-refractivity contribution in [2.75, 3.05) is 14.1 Å². The molecular weight excluding hydrogens is 376 g/mol. The smallest absolute Gasteiger partial charge is 0.271 e. The zero-order valence-corrected chi connectivity index (χ0v) is 16.2. The molecule has 0 saturated carbocycles. The summed E-state index contributed by atoms with van der Waals surface area (Å²) in [6.07, 6.45) is 1.41. The molecule has 3 rings (SSSR count). The Hall–Kier alpha value is -3.53. The summed E-state index contributed by atoms with van der Waals surface area (Å²) in [7, 11) is 2.94. The van der Waals surface area contributed by atoms with Crippen molar-refractivity contribution in [3.63, 3.8) is 0 Å². The summed E-state index contributed by atoms with van der Waals surface area (Å²) < 4.78 is 27.4. The third-order valence-corrected chi connectivity index (χ3v) is 5.31. The van der Waals surface area contributed by atoms with Gasteiger partial charge in [0.25, 0.3) is 11.8 Å². The highest BCUT2D eigenvalue weighted by molar-refractivity contribution is 6.08. The van der Waals surface area contributed by atoms with Gasteiger partial charge < -0.3 is 9.80 Å². The molecule has 0 spiro atoms. The zero-order valence-electron chi connectivity index (χ0n) is 16.2. The van der Waals surface area contributed by atoms with Crippen molar-refractivity contribution >= 4 is 17.9 Å². The molecule has 5 nitrogen and oxygen atoms in total. The molecule has 1 heterocycles. The Bertz CT molecular complexity index is 1060. The first-order chi connectivity index (χ1) is 13.7. The van der Waals surface area contributed by atoms with E-state index in [1.165, 1.54) is 60.3 Å². The van der Waals surface area contributed by atoms with Crippen LogP contribution in [0, 0.1) is 23.0 Å². The average molecular weight is 395 g/mol. The van der Waals surface area contributed by atoms with Crippen molar-refractivity contribution in [1.29, 1.82) is 5.26 Å². The van der Waals surface area contributed by atoms with E-state index in [1.54, 1.807) is 19.1 Å². The fraction of sp³-hybridized carbons (Fsp3) is 0.227. The number of benzene rings is 2. The van der Waals surface area contributed by atoms with Gasteiger partial charge in [-0.1, -0.05) is 18.2 Å². The molecule has 0 bridgehead atoms. The molecular formula is C22H19F2N3O2. The van der Waals surface area contributed by atoms with Crippen LogP contribution in [0.1, 0.15) is 23.6 Å². The molecule has 2 amide bonds. The number of halogens is 2. The molecule has 148 valence electrons. The summed E-state index contributed by atoms with van der Waals surface area (Å²) in [4.78, 5) is 28.7. The van der Waals surface area contributed by atoms with Crippen LogP contribution in [0.25, 0.3) is 6.08 Å². The van der Waals surface area contributed by atoms with E-state index in [0.717, 1.165) is 0 Å². The van der Waals surface area contributed by atoms with Gasteiger partial charge in [0.15, 0.2) is 0 Å². The first-order valence-corrected chi connectivity index (χ1v) is 8.90. The molecule has 29 heavy (non-hydrogen) atoms. The van der Waals surface area contributed by atoms with E-state index >= 15 is 0 Å². The summed E-state index contributed by atoms with van der Waals surface area (Å²) in [5.41, 5.74) is -0.518. The minimum atomic E-state index is -1.20. The van der Waals surface area contributed by atoms with Gasteiger partial charge in [0.1, 0.15) is 22.9 Å². The largest absolute Gasteiger partial charge is 0.326 e. The number of likely N-dealkylation sites (N-methyl/N-ethyl adjacent to an activating group) is 2. The summed E-state index contributed by atoms with van der Waals surface area (Å²) in [6.45, 7) is 1.63. The predicted octanol–water partition coefficient (Wildman–Crippen LogP) is 3.11. The van der Waals surface area contributed by atoms with Crippen molar-refractivity contribution in [1.82, 2.24) is 9.80 Å². The van der Waals surface area contributed by atoms with Crippen LogP contribution < -0.4 is 0 Å². The highest BCUT2D eigenvalue weighted by atomic mass is 19.1. The first-order valence-electron chi connectivity index (χ1n) is 8.90. The van der Waals surface area contributed by atoms with Crippen molar-refractivity contribution < 1.29 is 18.4 Å². The molecule has 0 N–H and O–H groups in total. The molecule has 1 atom stereocenters. The van der Waals surface area contributed by atoms with E-state index in [-0.39, 0.29) is 35.0 Å². The van der Waals surface area contributed by atoms with Gasteiger partial charge in [-0.25, -0.2) is 8.78 Å². The lowest BCUT2D eigenvalue weighted by Crippen LogP contribution is -2.64. The molecule has 0 aromatic heterocycles. The van der Waals surface area contributed by atoms with Gasteiger partial charge in [0, 0.05) is 26.1 Å². The molecule has 1 unspecified atom stereocenters. The molecule has 2 aromatic carbocycles. The van der Waals surface area contributed by atoms with E-state index < -0.39 is 17.3 Å². The lowest BCUT2D eigenvalue weighted by molar-refractivity contribution is -0.155. The van der Waals surface area contributed by atoms with Gasteiger partial charge >= 0.3 is 0 Å². The minimum Gasteiger partial charge on any atom is -0.326 e. The second-order valence-electron chi connectivity index (χ2n) is 7.15. The monoisotopic (exact) mass is 395 g/mol. The van der Waals surface area contributed by atoms with Crippen LogP contribution in [0.15, 0.2) is 48.2 Å². The van der Waals surface area contributed by atoms with E-state index in [1.807, 2.05) is 6.07 Å². The van der Waals surface area contributed by atoms with E-state index in [4.69, 9.17) is 0 Å². The van der Waals surface area contributed by atoms with Gasteiger partial charge in [-0.3, -0.25) is 9.59 Å². The number of nitriles is 1. The lowest BCUT2D eigenvalue weighted by atomic mass is 9.87. The number of hydrogen-bond donors (Lipinski definition) is 0. The predicted molar refractivity (Wildman–Crippen MR) is 103 cm³/mol. The molecule has 0 aliphatic carbocycles. The summed E-state index contributed by atoms with van der Waals surface area (Å²) in [6, 6.07) is 11.6. The number of hydrogen-bond acceptors (Lipinski definition) is 3. The Morgan fingerprint density at radius 3 is 2.38 bits per heavy atom. The van der Waals surface area contributed by atoms with Gasteiger partial charge in [0.05, 0.1) is 11.6 Å². The molecule has 0 radical (unpaired) electrons. The number of carbonyl (C=O) groups is 2. The fourth-order valence-electron chi connectivity index (χ4n) is 3.42. The highest BCUT2D eigenvalue weighted by Gasteiger charge is 2.48. The second-order valence-corrected chi connectivity index (χ2v) is 7.15. The fourth-order valence-corrected chi connectivity index (χ4v) is 3.42. The van der Waals surface area contributed by atoms with E-state index in [2.05, 4.69) is 0 Å². The maximum atomic E-state index is 14.3. The maximum absolute atomic E-state index is 14.3. The third-order valence-electron chi connectivity index (χ3n) is 5.31. The van der Waals surface area contributed by atoms with Crippen LogP contribution in [0.5, 0.6) is 0 Å². The number of rotatable bonds is 3. The zero-order chi connectivity index (χ0) is 21.3. The van der Waals surface area contributed by atoms with Gasteiger partial charge in [0.2, 0.25) is 0 Å². The Kier molecular flexibility index (Phi) is 5.21. The third kappa shape index (κ3) is 3.49.